The van der Waals surface area contributed by atoms with Crippen LogP contribution in [0.4, 0.5) is 13.2 Å². The highest BCUT2D eigenvalue weighted by Crippen LogP contribution is 2.21. The zero-order valence-corrected chi connectivity index (χ0v) is 7.74. The summed E-state index contributed by atoms with van der Waals surface area (Å²) in [7, 11) is -3.96. The van der Waals surface area contributed by atoms with E-state index in [1.165, 1.54) is 0 Å². The second kappa shape index (κ2) is 3.49. The van der Waals surface area contributed by atoms with Crippen molar-refractivity contribution >= 4 is 10.1 Å². The van der Waals surface area contributed by atoms with Crippen LogP contribution in [0.1, 0.15) is 0 Å². The summed E-state index contributed by atoms with van der Waals surface area (Å²) in [6.45, 7) is 0. The molecule has 0 aromatic heterocycles. The van der Waals surface area contributed by atoms with Crippen LogP contribution in [0.3, 0.4) is 0 Å². The van der Waals surface area contributed by atoms with Gasteiger partial charge in [0.25, 0.3) is 0 Å². The second-order valence-electron chi connectivity index (χ2n) is 2.48. The van der Waals surface area contributed by atoms with Gasteiger partial charge in [0.1, 0.15) is 0 Å². The van der Waals surface area contributed by atoms with Gasteiger partial charge in [-0.3, -0.25) is 0 Å². The zero-order chi connectivity index (χ0) is 10.9. The molecule has 0 radical (unpaired) electrons. The topological polar surface area (TPSA) is 43.4 Å². The van der Waals surface area contributed by atoms with E-state index in [1.54, 1.807) is 0 Å². The van der Waals surface area contributed by atoms with Gasteiger partial charge in [-0.25, -0.2) is 13.2 Å². The maximum absolute atomic E-state index is 12.8. The predicted octanol–water partition coefficient (Wildman–Crippen LogP) is 1.44. The van der Waals surface area contributed by atoms with E-state index in [0.29, 0.717) is 12.3 Å². The van der Waals surface area contributed by atoms with Crippen molar-refractivity contribution in [3.63, 3.8) is 0 Å². The Labute approximate surface area is 78.2 Å². The molecule has 3 nitrogen and oxygen atoms in total. The lowest BCUT2D eigenvalue weighted by molar-refractivity contribution is 0.445. The monoisotopic (exact) mass is 226 g/mol. The van der Waals surface area contributed by atoms with Crippen molar-refractivity contribution in [3.8, 4) is 5.75 Å². The average Bonchev–Trinajstić information content (AvgIpc) is 1.97. The molecule has 1 rings (SSSR count). The largest absolute Gasteiger partial charge is 0.379 e. The van der Waals surface area contributed by atoms with E-state index in [0.717, 1.165) is 0 Å². The van der Waals surface area contributed by atoms with Gasteiger partial charge in [0.05, 0.1) is 6.26 Å². The lowest BCUT2D eigenvalue weighted by Crippen LogP contribution is -2.07. The second-order valence-corrected chi connectivity index (χ2v) is 4.06. The van der Waals surface area contributed by atoms with Crippen molar-refractivity contribution in [3.05, 3.63) is 29.6 Å². The summed E-state index contributed by atoms with van der Waals surface area (Å²) in [5.74, 6) is -4.95. The standard InChI is InChI=1S/C7H5F3O3S/c1-14(11,12)13-7-3-5(9)4(8)2-6(7)10/h2-3H,1H3. The van der Waals surface area contributed by atoms with Gasteiger partial charge in [0, 0.05) is 12.1 Å². The van der Waals surface area contributed by atoms with E-state index in [-0.39, 0.29) is 6.07 Å². The number of hydrogen-bond donors (Lipinski definition) is 0. The molecule has 0 fully saturated rings. The van der Waals surface area contributed by atoms with Crippen LogP contribution in [-0.2, 0) is 10.1 Å². The van der Waals surface area contributed by atoms with Crippen LogP contribution in [0, 0.1) is 17.5 Å². The van der Waals surface area contributed by atoms with Gasteiger partial charge in [-0.1, -0.05) is 0 Å². The predicted molar refractivity (Wildman–Crippen MR) is 41.8 cm³/mol. The van der Waals surface area contributed by atoms with Crippen LogP contribution in [0.15, 0.2) is 12.1 Å². The van der Waals surface area contributed by atoms with Crippen molar-refractivity contribution < 1.29 is 25.8 Å². The van der Waals surface area contributed by atoms with Gasteiger partial charge >= 0.3 is 10.1 Å². The summed E-state index contributed by atoms with van der Waals surface area (Å²) in [6, 6.07) is 0.529. The van der Waals surface area contributed by atoms with Crippen molar-refractivity contribution in [1.29, 1.82) is 0 Å². The van der Waals surface area contributed by atoms with Crippen molar-refractivity contribution in [2.24, 2.45) is 0 Å². The van der Waals surface area contributed by atoms with Crippen molar-refractivity contribution in [2.45, 2.75) is 0 Å². The molecule has 1 aromatic carbocycles. The third-order valence-electron chi connectivity index (χ3n) is 1.22. The molecule has 0 unspecified atom stereocenters. The lowest BCUT2D eigenvalue weighted by atomic mass is 10.3. The Morgan fingerprint density at radius 1 is 1.07 bits per heavy atom. The molecule has 0 aliphatic carbocycles. The van der Waals surface area contributed by atoms with Gasteiger partial charge in [0.15, 0.2) is 23.2 Å². The fraction of sp³-hybridized carbons (Fsp3) is 0.143. The highest BCUT2D eigenvalue weighted by molar-refractivity contribution is 7.86. The first-order chi connectivity index (χ1) is 6.29. The van der Waals surface area contributed by atoms with Gasteiger partial charge in [-0.05, 0) is 0 Å². The number of halogens is 3. The summed E-state index contributed by atoms with van der Waals surface area (Å²) in [6.07, 6.45) is 0.660. The first-order valence-electron chi connectivity index (χ1n) is 3.33. The molecule has 0 amide bonds. The molecular weight excluding hydrogens is 221 g/mol. The smallest absolute Gasteiger partial charge is 0.306 e. The Bertz CT molecular complexity index is 455. The fourth-order valence-corrected chi connectivity index (χ4v) is 1.19. The molecule has 0 heterocycles. The molecule has 0 saturated heterocycles. The SMILES string of the molecule is CS(=O)(=O)Oc1cc(F)c(F)cc1F. The van der Waals surface area contributed by atoms with E-state index in [9.17, 15) is 21.6 Å². The summed E-state index contributed by atoms with van der Waals surface area (Å²) >= 11 is 0. The molecule has 0 atom stereocenters. The van der Waals surface area contributed by atoms with Crippen LogP contribution in [0.2, 0.25) is 0 Å². The Kier molecular flexibility index (Phi) is 2.70. The summed E-state index contributed by atoms with van der Waals surface area (Å²) in [4.78, 5) is 0. The molecule has 7 heteroatoms. The van der Waals surface area contributed by atoms with Gasteiger partial charge in [0.2, 0.25) is 0 Å². The summed E-state index contributed by atoms with van der Waals surface area (Å²) in [5.41, 5.74) is 0. The van der Waals surface area contributed by atoms with Gasteiger partial charge < -0.3 is 4.18 Å². The first-order valence-corrected chi connectivity index (χ1v) is 5.15. The maximum Gasteiger partial charge on any atom is 0.306 e. The Morgan fingerprint density at radius 2 is 1.57 bits per heavy atom. The maximum atomic E-state index is 12.8. The Hall–Kier alpha value is -1.24. The number of rotatable bonds is 2. The van der Waals surface area contributed by atoms with E-state index in [2.05, 4.69) is 4.18 Å². The zero-order valence-electron chi connectivity index (χ0n) is 6.92. The molecule has 14 heavy (non-hydrogen) atoms. The quantitative estimate of drug-likeness (QED) is 0.566. The van der Waals surface area contributed by atoms with Crippen molar-refractivity contribution in [1.82, 2.24) is 0 Å². The Morgan fingerprint density at radius 3 is 2.07 bits per heavy atom. The van der Waals surface area contributed by atoms with Gasteiger partial charge in [-0.2, -0.15) is 8.42 Å². The molecule has 0 N–H and O–H groups in total. The first kappa shape index (κ1) is 10.8. The minimum Gasteiger partial charge on any atom is -0.379 e. The third kappa shape index (κ3) is 2.63. The molecule has 1 aromatic rings. The van der Waals surface area contributed by atoms with Crippen LogP contribution in [0.25, 0.3) is 0 Å². The summed E-state index contributed by atoms with van der Waals surface area (Å²) < 4.78 is 62.8. The Balaban J connectivity index is 3.17. The highest BCUT2D eigenvalue weighted by Gasteiger charge is 2.14. The molecule has 0 aliphatic rings. The van der Waals surface area contributed by atoms with Crippen LogP contribution < -0.4 is 4.18 Å². The van der Waals surface area contributed by atoms with E-state index < -0.39 is 33.3 Å². The fourth-order valence-electron chi connectivity index (χ4n) is 0.731. The molecule has 0 aliphatic heterocycles. The van der Waals surface area contributed by atoms with E-state index in [4.69, 9.17) is 0 Å². The molecule has 0 bridgehead atoms. The molecule has 78 valence electrons. The number of benzene rings is 1. The van der Waals surface area contributed by atoms with E-state index in [1.807, 2.05) is 0 Å². The lowest BCUT2D eigenvalue weighted by Gasteiger charge is -2.04. The average molecular weight is 226 g/mol. The normalized spacial score (nSPS) is 11.4. The van der Waals surface area contributed by atoms with Crippen LogP contribution >= 0.6 is 0 Å². The molecule has 0 saturated carbocycles. The van der Waals surface area contributed by atoms with Crippen LogP contribution in [0.5, 0.6) is 5.75 Å². The minimum atomic E-state index is -3.96. The number of hydrogen-bond acceptors (Lipinski definition) is 3. The third-order valence-corrected chi connectivity index (χ3v) is 1.70. The van der Waals surface area contributed by atoms with Crippen LogP contribution in [-0.4, -0.2) is 14.7 Å². The van der Waals surface area contributed by atoms with Gasteiger partial charge in [-0.15, -0.1) is 0 Å². The summed E-state index contributed by atoms with van der Waals surface area (Å²) in [5, 5.41) is 0. The molecular formula is C7H5F3O3S. The molecule has 0 spiro atoms. The van der Waals surface area contributed by atoms with Crippen molar-refractivity contribution in [2.75, 3.05) is 6.26 Å². The highest BCUT2D eigenvalue weighted by atomic mass is 32.2. The minimum absolute atomic E-state index is 0.204. The van der Waals surface area contributed by atoms with E-state index >= 15 is 0 Å².